The van der Waals surface area contributed by atoms with Crippen LogP contribution in [0.4, 0.5) is 0 Å². The van der Waals surface area contributed by atoms with Crippen LogP contribution in [0.2, 0.25) is 0 Å². The number of allylic oxidation sites excluding steroid dienone is 6. The van der Waals surface area contributed by atoms with Crippen LogP contribution in [0.3, 0.4) is 0 Å². The molecule has 0 radical (unpaired) electrons. The highest BCUT2D eigenvalue weighted by atomic mass is 31.2. The molecule has 416 valence electrons. The number of rotatable bonds is 49. The van der Waals surface area contributed by atoms with Crippen LogP contribution in [0.1, 0.15) is 258 Å². The fourth-order valence-corrected chi connectivity index (χ4v) is 9.83. The number of carbonyl (C=O) groups excluding carboxylic acids is 2. The first-order chi connectivity index (χ1) is 34.4. The summed E-state index contributed by atoms with van der Waals surface area (Å²) in [6.07, 6.45) is 43.4. The van der Waals surface area contributed by atoms with Gasteiger partial charge in [-0.3, -0.25) is 18.6 Å². The van der Waals surface area contributed by atoms with Crippen LogP contribution in [-0.2, 0) is 32.7 Å². The van der Waals surface area contributed by atoms with Crippen molar-refractivity contribution in [2.75, 3.05) is 13.2 Å². The third-order valence-electron chi connectivity index (χ3n) is 13.5. The number of aliphatic hydroxyl groups excluding tert-OH is 5. The van der Waals surface area contributed by atoms with Gasteiger partial charge in [-0.05, 0) is 64.2 Å². The van der Waals surface area contributed by atoms with Crippen molar-refractivity contribution in [1.82, 2.24) is 0 Å². The number of carbonyl (C=O) groups is 2. The molecule has 6 N–H and O–H groups in total. The standard InChI is InChI=1S/C57H105O13P/c1-3-5-7-9-11-13-15-17-19-21-23-24-25-26-28-30-32-34-36-38-40-42-44-46-51(59)69-49(48-68-71(65,66)70-57-55(63)53(61)52(60)54(62)56(57)64)47-67-50(58)45-43-41-39-37-35-33-31-29-27-22-20-18-16-14-12-10-8-6-4-2/h12,14,18,20,38,40,49,52-57,60-64H,3-11,13,15-17,19,21-37,39,41-48H2,1-2H3,(H,65,66)/b14-12+,20-18+,40-38+/t49-,52?,53-,54?,55?,56?,57?/m1/s1. The SMILES string of the molecule is CCCCC/C=C/C/C=C/CCCCCCCCCCCC(=O)OC[C@H](COP(=O)(O)OC1C(O)C(O)C(O)[C@@H](O)C1O)OC(=O)CCC/C=C/CCCCCCCCCCCCCCCCCCCC. The van der Waals surface area contributed by atoms with Crippen LogP contribution < -0.4 is 0 Å². The minimum Gasteiger partial charge on any atom is -0.462 e. The molecule has 13 nitrogen and oxygen atoms in total. The number of hydrogen-bond acceptors (Lipinski definition) is 12. The molecule has 1 saturated carbocycles. The summed E-state index contributed by atoms with van der Waals surface area (Å²) in [6, 6.07) is 0. The largest absolute Gasteiger partial charge is 0.472 e. The Morgan fingerprint density at radius 2 is 0.775 bits per heavy atom. The van der Waals surface area contributed by atoms with Gasteiger partial charge >= 0.3 is 19.8 Å². The highest BCUT2D eigenvalue weighted by Gasteiger charge is 2.51. The number of ether oxygens (including phenoxy) is 2. The number of phosphoric acid groups is 1. The van der Waals surface area contributed by atoms with Crippen molar-refractivity contribution >= 4 is 19.8 Å². The number of aliphatic hydroxyl groups is 5. The monoisotopic (exact) mass is 1030 g/mol. The van der Waals surface area contributed by atoms with E-state index in [1.165, 1.54) is 161 Å². The van der Waals surface area contributed by atoms with Gasteiger partial charge in [0.05, 0.1) is 6.61 Å². The van der Waals surface area contributed by atoms with Gasteiger partial charge in [0.2, 0.25) is 0 Å². The summed E-state index contributed by atoms with van der Waals surface area (Å²) in [7, 11) is -5.13. The molecule has 6 unspecified atom stereocenters. The lowest BCUT2D eigenvalue weighted by Crippen LogP contribution is -2.64. The van der Waals surface area contributed by atoms with Crippen molar-refractivity contribution in [3.8, 4) is 0 Å². The van der Waals surface area contributed by atoms with Crippen LogP contribution >= 0.6 is 7.82 Å². The highest BCUT2D eigenvalue weighted by Crippen LogP contribution is 2.47. The molecule has 0 aromatic rings. The van der Waals surface area contributed by atoms with E-state index < -0.39 is 75.7 Å². The molecular weight excluding hydrogens is 924 g/mol. The van der Waals surface area contributed by atoms with Crippen molar-refractivity contribution in [1.29, 1.82) is 0 Å². The topological polar surface area (TPSA) is 210 Å². The first-order valence-electron chi connectivity index (χ1n) is 28.8. The maximum Gasteiger partial charge on any atom is 0.472 e. The van der Waals surface area contributed by atoms with E-state index in [0.29, 0.717) is 19.3 Å². The Morgan fingerprint density at radius 1 is 0.437 bits per heavy atom. The lowest BCUT2D eigenvalue weighted by molar-refractivity contribution is -0.220. The second-order valence-corrected chi connectivity index (χ2v) is 21.5. The van der Waals surface area contributed by atoms with Crippen molar-refractivity contribution in [3.63, 3.8) is 0 Å². The molecule has 0 amide bonds. The number of phosphoric ester groups is 1. The molecule has 1 rings (SSSR count). The van der Waals surface area contributed by atoms with Crippen molar-refractivity contribution in [2.45, 2.75) is 301 Å². The molecule has 0 heterocycles. The first-order valence-corrected chi connectivity index (χ1v) is 30.3. The summed E-state index contributed by atoms with van der Waals surface area (Å²) >= 11 is 0. The molecule has 1 aliphatic rings. The summed E-state index contributed by atoms with van der Waals surface area (Å²) in [5.74, 6) is -1.13. The van der Waals surface area contributed by atoms with E-state index in [0.717, 1.165) is 51.4 Å². The van der Waals surface area contributed by atoms with Gasteiger partial charge in [-0.25, -0.2) is 4.57 Å². The Kier molecular flexibility index (Phi) is 44.0. The van der Waals surface area contributed by atoms with Gasteiger partial charge in [0, 0.05) is 12.8 Å². The highest BCUT2D eigenvalue weighted by molar-refractivity contribution is 7.47. The van der Waals surface area contributed by atoms with E-state index >= 15 is 0 Å². The lowest BCUT2D eigenvalue weighted by atomic mass is 9.85. The van der Waals surface area contributed by atoms with E-state index in [-0.39, 0.29) is 12.8 Å². The zero-order valence-corrected chi connectivity index (χ0v) is 45.7. The fraction of sp³-hybridized carbons (Fsp3) is 0.860. The second-order valence-electron chi connectivity index (χ2n) is 20.1. The minimum absolute atomic E-state index is 0.0501. The molecule has 1 fully saturated rings. The normalized spacial score (nSPS) is 20.8. The number of unbranched alkanes of at least 4 members (excludes halogenated alkanes) is 31. The summed E-state index contributed by atoms with van der Waals surface area (Å²) in [5.41, 5.74) is 0. The summed E-state index contributed by atoms with van der Waals surface area (Å²) in [6.45, 7) is 3.30. The van der Waals surface area contributed by atoms with Crippen LogP contribution in [0.5, 0.6) is 0 Å². The van der Waals surface area contributed by atoms with E-state index in [1.807, 2.05) is 0 Å². The molecular formula is C57H105O13P. The summed E-state index contributed by atoms with van der Waals surface area (Å²) in [5, 5.41) is 50.4. The molecule has 0 aromatic heterocycles. The van der Waals surface area contributed by atoms with E-state index in [1.54, 1.807) is 0 Å². The predicted molar refractivity (Wildman–Crippen MR) is 286 cm³/mol. The van der Waals surface area contributed by atoms with Crippen LogP contribution in [0.15, 0.2) is 36.5 Å². The Hall–Kier alpha value is -1.93. The van der Waals surface area contributed by atoms with Crippen molar-refractivity contribution in [3.05, 3.63) is 36.5 Å². The zero-order chi connectivity index (χ0) is 52.1. The average Bonchev–Trinajstić information content (AvgIpc) is 3.35. The number of hydrogen-bond donors (Lipinski definition) is 6. The molecule has 0 saturated heterocycles. The Bertz CT molecular complexity index is 1380. The van der Waals surface area contributed by atoms with Crippen molar-refractivity contribution < 1.29 is 63.1 Å². The molecule has 1 aliphatic carbocycles. The third-order valence-corrected chi connectivity index (χ3v) is 14.4. The van der Waals surface area contributed by atoms with Crippen LogP contribution in [0, 0.1) is 0 Å². The van der Waals surface area contributed by atoms with E-state index in [2.05, 4.69) is 50.3 Å². The Morgan fingerprint density at radius 3 is 1.23 bits per heavy atom. The van der Waals surface area contributed by atoms with Gasteiger partial charge < -0.3 is 39.9 Å². The maximum absolute atomic E-state index is 12.9. The van der Waals surface area contributed by atoms with Gasteiger partial charge in [0.25, 0.3) is 0 Å². The molecule has 0 aliphatic heterocycles. The predicted octanol–water partition coefficient (Wildman–Crippen LogP) is 13.3. The van der Waals surface area contributed by atoms with Crippen molar-refractivity contribution in [2.24, 2.45) is 0 Å². The Balaban J connectivity index is 2.35. The Labute approximate surface area is 431 Å². The molecule has 0 bridgehead atoms. The van der Waals surface area contributed by atoms with Gasteiger partial charge in [-0.15, -0.1) is 0 Å². The van der Waals surface area contributed by atoms with Gasteiger partial charge in [-0.2, -0.15) is 0 Å². The maximum atomic E-state index is 12.9. The smallest absolute Gasteiger partial charge is 0.462 e. The molecule has 14 heteroatoms. The van der Waals surface area contributed by atoms with Gasteiger partial charge in [0.1, 0.15) is 43.2 Å². The number of esters is 2. The van der Waals surface area contributed by atoms with Gasteiger partial charge in [0.15, 0.2) is 6.10 Å². The van der Waals surface area contributed by atoms with Crippen LogP contribution in [-0.4, -0.2) is 98.3 Å². The molecule has 0 spiro atoms. The lowest BCUT2D eigenvalue weighted by Gasteiger charge is -2.41. The third kappa shape index (κ3) is 38.3. The van der Waals surface area contributed by atoms with E-state index in [4.69, 9.17) is 18.5 Å². The quantitative estimate of drug-likeness (QED) is 0.0145. The average molecular weight is 1030 g/mol. The van der Waals surface area contributed by atoms with Crippen LogP contribution in [0.25, 0.3) is 0 Å². The second kappa shape index (κ2) is 46.6. The molecule has 71 heavy (non-hydrogen) atoms. The first kappa shape index (κ1) is 67.1. The molecule has 8 atom stereocenters. The minimum atomic E-state index is -5.13. The van der Waals surface area contributed by atoms with Gasteiger partial charge in [-0.1, -0.05) is 217 Å². The fourth-order valence-electron chi connectivity index (χ4n) is 8.85. The van der Waals surface area contributed by atoms with E-state index in [9.17, 15) is 44.6 Å². The summed E-state index contributed by atoms with van der Waals surface area (Å²) in [4.78, 5) is 35.9. The zero-order valence-electron chi connectivity index (χ0n) is 44.8. The summed E-state index contributed by atoms with van der Waals surface area (Å²) < 4.78 is 33.7. The molecule has 0 aromatic carbocycles.